The molecule has 1 aliphatic heterocycles. The minimum Gasteiger partial charge on any atom is -0.308 e. The molecule has 0 radical (unpaired) electrons. The lowest BCUT2D eigenvalue weighted by atomic mass is 10.3. The number of amides is 1. The standard InChI is InChI=1S/C3H6N4O3/c4-2-1(7(9)10)3(8)6-5-2/h1-2,5H,4H2,(H,6,8). The van der Waals surface area contributed by atoms with E-state index in [9.17, 15) is 14.9 Å². The predicted octanol–water partition coefficient (Wildman–Crippen LogP) is -2.45. The van der Waals surface area contributed by atoms with Crippen molar-refractivity contribution < 1.29 is 9.72 Å². The van der Waals surface area contributed by atoms with E-state index in [1.165, 1.54) is 0 Å². The molecule has 56 valence electrons. The van der Waals surface area contributed by atoms with Gasteiger partial charge in [0.25, 0.3) is 0 Å². The molecule has 2 atom stereocenters. The summed E-state index contributed by atoms with van der Waals surface area (Å²) in [5.74, 6) is -0.697. The molecule has 0 saturated carbocycles. The van der Waals surface area contributed by atoms with Crippen LogP contribution in [0.3, 0.4) is 0 Å². The van der Waals surface area contributed by atoms with Crippen LogP contribution in [-0.4, -0.2) is 23.0 Å². The fraction of sp³-hybridized carbons (Fsp3) is 0.667. The van der Waals surface area contributed by atoms with Crippen LogP contribution in [-0.2, 0) is 4.79 Å². The Hall–Kier alpha value is -1.21. The summed E-state index contributed by atoms with van der Waals surface area (Å²) >= 11 is 0. The van der Waals surface area contributed by atoms with Crippen molar-refractivity contribution in [1.82, 2.24) is 10.9 Å². The number of hydrogen-bond donors (Lipinski definition) is 3. The number of nitrogens with two attached hydrogens (primary N) is 1. The maximum atomic E-state index is 10.5. The van der Waals surface area contributed by atoms with Crippen molar-refractivity contribution in [2.75, 3.05) is 0 Å². The molecule has 4 N–H and O–H groups in total. The monoisotopic (exact) mass is 146 g/mol. The molecular weight excluding hydrogens is 140 g/mol. The molecule has 0 aromatic heterocycles. The van der Waals surface area contributed by atoms with E-state index >= 15 is 0 Å². The van der Waals surface area contributed by atoms with Gasteiger partial charge in [0.1, 0.15) is 0 Å². The molecule has 2 unspecified atom stereocenters. The summed E-state index contributed by atoms with van der Waals surface area (Å²) < 4.78 is 0. The summed E-state index contributed by atoms with van der Waals surface area (Å²) in [5, 5.41) is 10.0. The van der Waals surface area contributed by atoms with E-state index < -0.39 is 23.0 Å². The molecule has 7 heteroatoms. The Morgan fingerprint density at radius 3 is 2.50 bits per heavy atom. The van der Waals surface area contributed by atoms with Crippen LogP contribution in [0.25, 0.3) is 0 Å². The highest BCUT2D eigenvalue weighted by atomic mass is 16.6. The average Bonchev–Trinajstić information content (AvgIpc) is 2.11. The lowest BCUT2D eigenvalue weighted by molar-refractivity contribution is -0.508. The quantitative estimate of drug-likeness (QED) is 0.281. The minimum absolute atomic E-state index is 0.697. The average molecular weight is 146 g/mol. The molecule has 0 bridgehead atoms. The van der Waals surface area contributed by atoms with Crippen molar-refractivity contribution in [3.05, 3.63) is 10.1 Å². The van der Waals surface area contributed by atoms with Gasteiger partial charge in [-0.05, 0) is 0 Å². The number of nitrogens with zero attached hydrogens (tertiary/aromatic N) is 1. The number of rotatable bonds is 1. The second kappa shape index (κ2) is 2.20. The number of hydrazine groups is 1. The van der Waals surface area contributed by atoms with Crippen LogP contribution < -0.4 is 16.6 Å². The van der Waals surface area contributed by atoms with E-state index in [4.69, 9.17) is 5.73 Å². The highest BCUT2D eigenvalue weighted by molar-refractivity contribution is 5.82. The first kappa shape index (κ1) is 6.90. The number of carbonyl (C=O) groups is 1. The van der Waals surface area contributed by atoms with Gasteiger partial charge in [0.05, 0.1) is 0 Å². The second-order valence-corrected chi connectivity index (χ2v) is 1.89. The van der Waals surface area contributed by atoms with E-state index in [0.29, 0.717) is 0 Å². The van der Waals surface area contributed by atoms with Crippen LogP contribution in [0.15, 0.2) is 0 Å². The van der Waals surface area contributed by atoms with Gasteiger partial charge in [0, 0.05) is 4.92 Å². The lowest BCUT2D eigenvalue weighted by Crippen LogP contribution is -2.44. The number of nitrogens with one attached hydrogen (secondary N) is 2. The Balaban J connectivity index is 2.72. The molecule has 10 heavy (non-hydrogen) atoms. The van der Waals surface area contributed by atoms with Crippen molar-refractivity contribution in [2.24, 2.45) is 5.73 Å². The van der Waals surface area contributed by atoms with Gasteiger partial charge in [-0.1, -0.05) is 0 Å². The SMILES string of the molecule is NC1NNC(=O)C1[N+](=O)[O-]. The van der Waals surface area contributed by atoms with Gasteiger partial charge in [-0.15, -0.1) is 0 Å². The first-order valence-electron chi connectivity index (χ1n) is 2.57. The highest BCUT2D eigenvalue weighted by Gasteiger charge is 2.42. The molecule has 1 amide bonds. The second-order valence-electron chi connectivity index (χ2n) is 1.89. The largest absolute Gasteiger partial charge is 0.320 e. The maximum absolute atomic E-state index is 10.5. The van der Waals surface area contributed by atoms with Crippen LogP contribution in [0.4, 0.5) is 0 Å². The summed E-state index contributed by atoms with van der Waals surface area (Å²) in [6, 6.07) is -1.36. The third-order valence-corrected chi connectivity index (χ3v) is 1.20. The van der Waals surface area contributed by atoms with Crippen LogP contribution >= 0.6 is 0 Å². The lowest BCUT2D eigenvalue weighted by Gasteiger charge is -2.01. The number of hydrogen-bond acceptors (Lipinski definition) is 5. The first-order valence-corrected chi connectivity index (χ1v) is 2.57. The van der Waals surface area contributed by atoms with Gasteiger partial charge >= 0.3 is 11.9 Å². The van der Waals surface area contributed by atoms with Crippen molar-refractivity contribution >= 4 is 5.91 Å². The van der Waals surface area contributed by atoms with Gasteiger partial charge in [-0.3, -0.25) is 20.3 Å². The van der Waals surface area contributed by atoms with Crippen LogP contribution in [0, 0.1) is 10.1 Å². The summed E-state index contributed by atoms with van der Waals surface area (Å²) in [6.07, 6.45) is -0.928. The molecule has 0 aromatic rings. The molecule has 1 saturated heterocycles. The molecule has 0 aromatic carbocycles. The van der Waals surface area contributed by atoms with Crippen molar-refractivity contribution in [2.45, 2.75) is 12.2 Å². The molecule has 0 aliphatic carbocycles. The van der Waals surface area contributed by atoms with Crippen molar-refractivity contribution in [3.8, 4) is 0 Å². The van der Waals surface area contributed by atoms with E-state index in [-0.39, 0.29) is 0 Å². The summed E-state index contributed by atoms with van der Waals surface area (Å²) in [7, 11) is 0. The highest BCUT2D eigenvalue weighted by Crippen LogP contribution is 1.97. The van der Waals surface area contributed by atoms with Crippen molar-refractivity contribution in [1.29, 1.82) is 0 Å². The Morgan fingerprint density at radius 1 is 1.70 bits per heavy atom. The van der Waals surface area contributed by atoms with E-state index in [2.05, 4.69) is 5.43 Å². The zero-order valence-corrected chi connectivity index (χ0v) is 4.90. The maximum Gasteiger partial charge on any atom is 0.320 e. The number of carbonyl (C=O) groups excluding carboxylic acids is 1. The summed E-state index contributed by atoms with van der Waals surface area (Å²) in [5.41, 5.74) is 9.42. The van der Waals surface area contributed by atoms with E-state index in [0.717, 1.165) is 0 Å². The van der Waals surface area contributed by atoms with Gasteiger partial charge in [-0.2, -0.15) is 0 Å². The smallest absolute Gasteiger partial charge is 0.308 e. The molecule has 7 nitrogen and oxygen atoms in total. The van der Waals surface area contributed by atoms with Gasteiger partial charge in [0.15, 0.2) is 6.17 Å². The van der Waals surface area contributed by atoms with Crippen molar-refractivity contribution in [3.63, 3.8) is 0 Å². The zero-order chi connectivity index (χ0) is 7.72. The first-order chi connectivity index (χ1) is 4.63. The molecular formula is C3H6N4O3. The topological polar surface area (TPSA) is 110 Å². The fourth-order valence-corrected chi connectivity index (χ4v) is 0.697. The number of nitro groups is 1. The molecule has 1 heterocycles. The Labute approximate surface area is 55.7 Å². The third-order valence-electron chi connectivity index (χ3n) is 1.20. The minimum atomic E-state index is -1.36. The predicted molar refractivity (Wildman–Crippen MR) is 30.0 cm³/mol. The van der Waals surface area contributed by atoms with Gasteiger partial charge in [-0.25, -0.2) is 5.43 Å². The molecule has 1 aliphatic rings. The van der Waals surface area contributed by atoms with Crippen LogP contribution in [0.5, 0.6) is 0 Å². The zero-order valence-electron chi connectivity index (χ0n) is 4.90. The Kier molecular flexibility index (Phi) is 1.52. The van der Waals surface area contributed by atoms with Gasteiger partial charge < -0.3 is 5.73 Å². The molecule has 1 fully saturated rings. The van der Waals surface area contributed by atoms with Crippen LogP contribution in [0.2, 0.25) is 0 Å². The summed E-state index contributed by atoms with van der Waals surface area (Å²) in [6.45, 7) is 0. The molecule has 0 spiro atoms. The summed E-state index contributed by atoms with van der Waals surface area (Å²) in [4.78, 5) is 19.9. The van der Waals surface area contributed by atoms with E-state index in [1.54, 1.807) is 0 Å². The normalized spacial score (nSPS) is 31.9. The third kappa shape index (κ3) is 0.913. The fourth-order valence-electron chi connectivity index (χ4n) is 0.697. The van der Waals surface area contributed by atoms with E-state index in [1.807, 2.05) is 5.43 Å². The van der Waals surface area contributed by atoms with Crippen LogP contribution in [0.1, 0.15) is 0 Å². The molecule has 1 rings (SSSR count). The Morgan fingerprint density at radius 2 is 2.30 bits per heavy atom. The van der Waals surface area contributed by atoms with Gasteiger partial charge in [0.2, 0.25) is 0 Å². The Bertz CT molecular complexity index is 181.